The van der Waals surface area contributed by atoms with Crippen LogP contribution in [0.4, 0.5) is 0 Å². The second kappa shape index (κ2) is 6.72. The summed E-state index contributed by atoms with van der Waals surface area (Å²) in [7, 11) is 0. The lowest BCUT2D eigenvalue weighted by Crippen LogP contribution is -2.34. The molecule has 1 atom stereocenters. The zero-order valence-corrected chi connectivity index (χ0v) is 11.6. The summed E-state index contributed by atoms with van der Waals surface area (Å²) in [5.41, 5.74) is 0. The molecule has 3 heteroatoms. The average Bonchev–Trinajstić information content (AvgIpc) is 3.10. The molecule has 100 valence electrons. The van der Waals surface area contributed by atoms with Gasteiger partial charge in [-0.15, -0.1) is 0 Å². The Morgan fingerprint density at radius 3 is 2.59 bits per heavy atom. The lowest BCUT2D eigenvalue weighted by molar-refractivity contribution is 0.293. The van der Waals surface area contributed by atoms with E-state index in [1.54, 1.807) is 0 Å². The molecule has 0 amide bonds. The van der Waals surface area contributed by atoms with E-state index in [1.807, 2.05) is 0 Å². The minimum Gasteiger partial charge on any atom is -0.315 e. The molecule has 1 saturated heterocycles. The van der Waals surface area contributed by atoms with Crippen LogP contribution in [0.5, 0.6) is 0 Å². The standard InChI is InChI=1S/C14H29N3/c1-3-16(4-2)10-8-15-11-13-7-9-17(12-13)14-5-6-14/h13-15H,3-12H2,1-2H3. The van der Waals surface area contributed by atoms with E-state index < -0.39 is 0 Å². The van der Waals surface area contributed by atoms with E-state index in [0.717, 1.165) is 18.5 Å². The van der Waals surface area contributed by atoms with Gasteiger partial charge >= 0.3 is 0 Å². The third kappa shape index (κ3) is 4.23. The van der Waals surface area contributed by atoms with Gasteiger partial charge < -0.3 is 15.1 Å². The van der Waals surface area contributed by atoms with Crippen molar-refractivity contribution >= 4 is 0 Å². The molecule has 0 aromatic rings. The monoisotopic (exact) mass is 239 g/mol. The molecule has 1 N–H and O–H groups in total. The fourth-order valence-corrected chi connectivity index (χ4v) is 2.88. The second-order valence-electron chi connectivity index (χ2n) is 5.61. The molecule has 0 aromatic carbocycles. The van der Waals surface area contributed by atoms with Gasteiger partial charge in [0.1, 0.15) is 0 Å². The third-order valence-corrected chi connectivity index (χ3v) is 4.31. The van der Waals surface area contributed by atoms with E-state index in [4.69, 9.17) is 0 Å². The minimum atomic E-state index is 0.910. The van der Waals surface area contributed by atoms with Crippen LogP contribution in [0.2, 0.25) is 0 Å². The normalized spacial score (nSPS) is 25.9. The van der Waals surface area contributed by atoms with E-state index in [2.05, 4.69) is 29.0 Å². The summed E-state index contributed by atoms with van der Waals surface area (Å²) < 4.78 is 0. The SMILES string of the molecule is CCN(CC)CCNCC1CCN(C2CC2)C1. The number of nitrogens with one attached hydrogen (secondary N) is 1. The maximum Gasteiger partial charge on any atom is 0.0107 e. The smallest absolute Gasteiger partial charge is 0.0107 e. The Kier molecular flexibility index (Phi) is 5.26. The summed E-state index contributed by atoms with van der Waals surface area (Å²) in [6.45, 7) is 13.1. The fraction of sp³-hybridized carbons (Fsp3) is 1.00. The Labute approximate surface area is 107 Å². The average molecular weight is 239 g/mol. The molecule has 1 aliphatic heterocycles. The van der Waals surface area contributed by atoms with Gasteiger partial charge in [-0.2, -0.15) is 0 Å². The van der Waals surface area contributed by atoms with Crippen molar-refractivity contribution in [2.75, 3.05) is 45.8 Å². The topological polar surface area (TPSA) is 18.5 Å². The van der Waals surface area contributed by atoms with Gasteiger partial charge in [-0.25, -0.2) is 0 Å². The lowest BCUT2D eigenvalue weighted by atomic mass is 10.1. The predicted octanol–water partition coefficient (Wildman–Crippen LogP) is 1.40. The lowest BCUT2D eigenvalue weighted by Gasteiger charge is -2.19. The summed E-state index contributed by atoms with van der Waals surface area (Å²) in [6.07, 6.45) is 4.33. The van der Waals surface area contributed by atoms with E-state index in [-0.39, 0.29) is 0 Å². The third-order valence-electron chi connectivity index (χ3n) is 4.31. The fourth-order valence-electron chi connectivity index (χ4n) is 2.88. The zero-order valence-electron chi connectivity index (χ0n) is 11.6. The summed E-state index contributed by atoms with van der Waals surface area (Å²) in [6, 6.07) is 0.968. The summed E-state index contributed by atoms with van der Waals surface area (Å²) in [5.74, 6) is 0.910. The maximum atomic E-state index is 3.64. The molecule has 0 aromatic heterocycles. The van der Waals surface area contributed by atoms with Crippen molar-refractivity contribution in [2.24, 2.45) is 5.92 Å². The van der Waals surface area contributed by atoms with Crippen LogP contribution in [0.15, 0.2) is 0 Å². The van der Waals surface area contributed by atoms with Crippen LogP contribution in [0.25, 0.3) is 0 Å². The van der Waals surface area contributed by atoms with Gasteiger partial charge in [0, 0.05) is 25.7 Å². The van der Waals surface area contributed by atoms with Crippen molar-refractivity contribution in [1.29, 1.82) is 0 Å². The molecule has 2 fully saturated rings. The molecule has 0 bridgehead atoms. The van der Waals surface area contributed by atoms with E-state index in [1.165, 1.54) is 58.5 Å². The molecule has 3 nitrogen and oxygen atoms in total. The Morgan fingerprint density at radius 2 is 1.94 bits per heavy atom. The Hall–Kier alpha value is -0.120. The molecule has 17 heavy (non-hydrogen) atoms. The molecule has 1 saturated carbocycles. The molecule has 1 heterocycles. The van der Waals surface area contributed by atoms with Crippen LogP contribution < -0.4 is 5.32 Å². The molecule has 0 spiro atoms. The van der Waals surface area contributed by atoms with Gasteiger partial charge in [0.25, 0.3) is 0 Å². The van der Waals surface area contributed by atoms with Crippen LogP contribution in [-0.4, -0.2) is 61.7 Å². The van der Waals surface area contributed by atoms with Gasteiger partial charge in [0.05, 0.1) is 0 Å². The molecule has 2 aliphatic rings. The van der Waals surface area contributed by atoms with Crippen LogP contribution in [-0.2, 0) is 0 Å². The van der Waals surface area contributed by atoms with Crippen molar-refractivity contribution < 1.29 is 0 Å². The highest BCUT2D eigenvalue weighted by Gasteiger charge is 2.33. The molecule has 1 aliphatic carbocycles. The Balaban J connectivity index is 1.50. The number of hydrogen-bond acceptors (Lipinski definition) is 3. The van der Waals surface area contributed by atoms with Crippen LogP contribution in [0, 0.1) is 5.92 Å². The van der Waals surface area contributed by atoms with Crippen molar-refractivity contribution in [3.05, 3.63) is 0 Å². The van der Waals surface area contributed by atoms with E-state index in [0.29, 0.717) is 0 Å². The first-order valence-electron chi connectivity index (χ1n) is 7.50. The largest absolute Gasteiger partial charge is 0.315 e. The van der Waals surface area contributed by atoms with Crippen molar-refractivity contribution in [2.45, 2.75) is 39.2 Å². The minimum absolute atomic E-state index is 0.910. The van der Waals surface area contributed by atoms with Gasteiger partial charge in [-0.3, -0.25) is 0 Å². The van der Waals surface area contributed by atoms with E-state index in [9.17, 15) is 0 Å². The first kappa shape index (κ1) is 13.3. The molecule has 0 radical (unpaired) electrons. The number of rotatable bonds is 8. The first-order valence-corrected chi connectivity index (χ1v) is 7.50. The molecule has 2 rings (SSSR count). The predicted molar refractivity (Wildman–Crippen MR) is 73.4 cm³/mol. The van der Waals surface area contributed by atoms with Gasteiger partial charge in [-0.1, -0.05) is 13.8 Å². The molecular formula is C14H29N3. The highest BCUT2D eigenvalue weighted by Crippen LogP contribution is 2.31. The van der Waals surface area contributed by atoms with Gasteiger partial charge in [0.15, 0.2) is 0 Å². The Morgan fingerprint density at radius 1 is 1.18 bits per heavy atom. The van der Waals surface area contributed by atoms with Crippen molar-refractivity contribution in [3.8, 4) is 0 Å². The quantitative estimate of drug-likeness (QED) is 0.646. The summed E-state index contributed by atoms with van der Waals surface area (Å²) in [4.78, 5) is 5.19. The number of likely N-dealkylation sites (tertiary alicyclic amines) is 1. The van der Waals surface area contributed by atoms with Gasteiger partial charge in [0.2, 0.25) is 0 Å². The van der Waals surface area contributed by atoms with Crippen LogP contribution >= 0.6 is 0 Å². The molecule has 1 unspecified atom stereocenters. The maximum absolute atomic E-state index is 3.64. The number of likely N-dealkylation sites (N-methyl/N-ethyl adjacent to an activating group) is 1. The second-order valence-corrected chi connectivity index (χ2v) is 5.61. The Bertz CT molecular complexity index is 212. The summed E-state index contributed by atoms with van der Waals surface area (Å²) >= 11 is 0. The van der Waals surface area contributed by atoms with Crippen LogP contribution in [0.1, 0.15) is 33.1 Å². The number of hydrogen-bond donors (Lipinski definition) is 1. The van der Waals surface area contributed by atoms with Crippen molar-refractivity contribution in [3.63, 3.8) is 0 Å². The summed E-state index contributed by atoms with van der Waals surface area (Å²) in [5, 5.41) is 3.64. The van der Waals surface area contributed by atoms with Crippen LogP contribution in [0.3, 0.4) is 0 Å². The van der Waals surface area contributed by atoms with E-state index >= 15 is 0 Å². The highest BCUT2D eigenvalue weighted by atomic mass is 15.2. The molecular weight excluding hydrogens is 210 g/mol. The van der Waals surface area contributed by atoms with Gasteiger partial charge in [-0.05, 0) is 51.4 Å². The first-order chi connectivity index (χ1) is 8.33. The van der Waals surface area contributed by atoms with Crippen molar-refractivity contribution in [1.82, 2.24) is 15.1 Å². The zero-order chi connectivity index (χ0) is 12.1. The number of nitrogens with zero attached hydrogens (tertiary/aromatic N) is 2. The highest BCUT2D eigenvalue weighted by molar-refractivity contribution is 4.89.